The Morgan fingerprint density at radius 1 is 0.957 bits per heavy atom. The SMILES string of the molecule is C[C@H](C[NH2+]C1CC[NH+](Cc2ccccc2)CC1)c1ccccc1. The fraction of sp³-hybridized carbons (Fsp3) is 0.429. The van der Waals surface area contributed by atoms with Crippen LogP contribution in [0, 0.1) is 0 Å². The van der Waals surface area contributed by atoms with Crippen molar-refractivity contribution in [2.75, 3.05) is 19.6 Å². The first-order chi connectivity index (χ1) is 11.3. The first kappa shape index (κ1) is 16.2. The van der Waals surface area contributed by atoms with Gasteiger partial charge in [0, 0.05) is 24.3 Å². The van der Waals surface area contributed by atoms with Gasteiger partial charge in [-0.1, -0.05) is 67.6 Å². The number of rotatable bonds is 6. The molecule has 0 unspecified atom stereocenters. The second-order valence-corrected chi connectivity index (χ2v) is 7.03. The molecule has 0 spiro atoms. The molecule has 3 rings (SSSR count). The molecule has 23 heavy (non-hydrogen) atoms. The Hall–Kier alpha value is -1.64. The number of nitrogens with one attached hydrogen (secondary N) is 1. The number of nitrogens with two attached hydrogens (primary N) is 1. The summed E-state index contributed by atoms with van der Waals surface area (Å²) in [5, 5.41) is 2.59. The lowest BCUT2D eigenvalue weighted by molar-refractivity contribution is -0.926. The first-order valence-electron chi connectivity index (χ1n) is 9.07. The first-order valence-corrected chi connectivity index (χ1v) is 9.07. The molecular weight excluding hydrogens is 280 g/mol. The minimum atomic E-state index is 0.644. The summed E-state index contributed by atoms with van der Waals surface area (Å²) in [6, 6.07) is 22.7. The van der Waals surface area contributed by atoms with E-state index < -0.39 is 0 Å². The van der Waals surface area contributed by atoms with E-state index in [1.807, 2.05) is 0 Å². The van der Waals surface area contributed by atoms with Crippen molar-refractivity contribution < 1.29 is 10.2 Å². The van der Waals surface area contributed by atoms with Crippen molar-refractivity contribution in [1.29, 1.82) is 0 Å². The topological polar surface area (TPSA) is 21.1 Å². The lowest BCUT2D eigenvalue weighted by atomic mass is 9.99. The lowest BCUT2D eigenvalue weighted by Gasteiger charge is -2.28. The molecule has 1 fully saturated rings. The van der Waals surface area contributed by atoms with E-state index in [0.717, 1.165) is 6.04 Å². The van der Waals surface area contributed by atoms with E-state index in [0.29, 0.717) is 5.92 Å². The van der Waals surface area contributed by atoms with E-state index in [1.165, 1.54) is 50.1 Å². The molecule has 122 valence electrons. The maximum absolute atomic E-state index is 2.59. The summed E-state index contributed by atoms with van der Waals surface area (Å²) in [4.78, 5) is 1.75. The summed E-state index contributed by atoms with van der Waals surface area (Å²) in [5.74, 6) is 0.644. The molecule has 1 atom stereocenters. The zero-order chi connectivity index (χ0) is 15.9. The van der Waals surface area contributed by atoms with Crippen molar-refractivity contribution in [2.24, 2.45) is 0 Å². The van der Waals surface area contributed by atoms with Crippen molar-refractivity contribution in [3.05, 3.63) is 71.8 Å². The zero-order valence-corrected chi connectivity index (χ0v) is 14.2. The Bertz CT molecular complexity index is 559. The molecule has 3 N–H and O–H groups in total. The molecule has 2 aromatic carbocycles. The molecule has 2 nitrogen and oxygen atoms in total. The second kappa shape index (κ2) is 8.28. The lowest BCUT2D eigenvalue weighted by Crippen LogP contribution is -3.13. The van der Waals surface area contributed by atoms with Crippen LogP contribution < -0.4 is 10.2 Å². The van der Waals surface area contributed by atoms with Crippen molar-refractivity contribution in [2.45, 2.75) is 38.3 Å². The van der Waals surface area contributed by atoms with Crippen LogP contribution >= 0.6 is 0 Å². The van der Waals surface area contributed by atoms with E-state index in [2.05, 4.69) is 72.9 Å². The van der Waals surface area contributed by atoms with E-state index in [1.54, 1.807) is 4.90 Å². The van der Waals surface area contributed by atoms with Gasteiger partial charge in [0.2, 0.25) is 0 Å². The van der Waals surface area contributed by atoms with Crippen LogP contribution in [-0.2, 0) is 6.54 Å². The number of likely N-dealkylation sites (tertiary alicyclic amines) is 1. The van der Waals surface area contributed by atoms with Gasteiger partial charge in [-0.3, -0.25) is 0 Å². The minimum absolute atomic E-state index is 0.644. The molecule has 0 saturated carbocycles. The Morgan fingerprint density at radius 2 is 1.57 bits per heavy atom. The molecular formula is C21H30N2+2. The molecule has 0 amide bonds. The highest BCUT2D eigenvalue weighted by atomic mass is 15.1. The summed E-state index contributed by atoms with van der Waals surface area (Å²) in [6.07, 6.45) is 2.70. The van der Waals surface area contributed by atoms with Gasteiger partial charge in [-0.05, 0) is 5.56 Å². The van der Waals surface area contributed by atoms with Gasteiger partial charge in [0.25, 0.3) is 0 Å². The Morgan fingerprint density at radius 3 is 2.22 bits per heavy atom. The maximum atomic E-state index is 2.59. The van der Waals surface area contributed by atoms with Gasteiger partial charge in [-0.15, -0.1) is 0 Å². The third-order valence-electron chi connectivity index (χ3n) is 5.23. The van der Waals surface area contributed by atoms with Crippen molar-refractivity contribution in [3.8, 4) is 0 Å². The van der Waals surface area contributed by atoms with Gasteiger partial charge >= 0.3 is 0 Å². The van der Waals surface area contributed by atoms with Crippen LogP contribution in [0.5, 0.6) is 0 Å². The van der Waals surface area contributed by atoms with E-state index in [9.17, 15) is 0 Å². The van der Waals surface area contributed by atoms with E-state index in [-0.39, 0.29) is 0 Å². The molecule has 1 aliphatic rings. The van der Waals surface area contributed by atoms with Gasteiger partial charge in [0.05, 0.1) is 25.7 Å². The Balaban J connectivity index is 1.39. The molecule has 0 bridgehead atoms. The van der Waals surface area contributed by atoms with Crippen LogP contribution in [0.1, 0.15) is 36.8 Å². The highest BCUT2D eigenvalue weighted by molar-refractivity contribution is 5.18. The quantitative estimate of drug-likeness (QED) is 0.809. The Labute approximate surface area is 140 Å². The van der Waals surface area contributed by atoms with Gasteiger partial charge in [0.1, 0.15) is 6.54 Å². The minimum Gasteiger partial charge on any atom is -0.343 e. The molecule has 0 radical (unpaired) electrons. The van der Waals surface area contributed by atoms with Crippen LogP contribution in [0.2, 0.25) is 0 Å². The smallest absolute Gasteiger partial charge is 0.103 e. The number of hydrogen-bond acceptors (Lipinski definition) is 0. The average molecular weight is 310 g/mol. The molecule has 2 aromatic rings. The monoisotopic (exact) mass is 310 g/mol. The molecule has 1 aliphatic heterocycles. The standard InChI is InChI=1S/C21H28N2/c1-18(20-10-6-3-7-11-20)16-22-21-12-14-23(15-13-21)17-19-8-4-2-5-9-19/h2-11,18,21-22H,12-17H2,1H3/p+2/t18-/m1/s1. The van der Waals surface area contributed by atoms with Gasteiger partial charge in [-0.2, -0.15) is 0 Å². The van der Waals surface area contributed by atoms with Crippen LogP contribution in [-0.4, -0.2) is 25.7 Å². The van der Waals surface area contributed by atoms with Crippen LogP contribution in [0.15, 0.2) is 60.7 Å². The van der Waals surface area contributed by atoms with Crippen molar-refractivity contribution in [1.82, 2.24) is 0 Å². The van der Waals surface area contributed by atoms with Crippen LogP contribution in [0.3, 0.4) is 0 Å². The largest absolute Gasteiger partial charge is 0.343 e. The molecule has 2 heteroatoms. The summed E-state index contributed by atoms with van der Waals surface area (Å²) in [5.41, 5.74) is 2.94. The third kappa shape index (κ3) is 4.92. The summed E-state index contributed by atoms with van der Waals surface area (Å²) >= 11 is 0. The number of piperidine rings is 1. The normalized spacial score (nSPS) is 22.7. The van der Waals surface area contributed by atoms with E-state index >= 15 is 0 Å². The predicted molar refractivity (Wildman–Crippen MR) is 95.5 cm³/mol. The molecule has 1 heterocycles. The van der Waals surface area contributed by atoms with Crippen molar-refractivity contribution in [3.63, 3.8) is 0 Å². The molecule has 1 saturated heterocycles. The van der Waals surface area contributed by atoms with Crippen LogP contribution in [0.25, 0.3) is 0 Å². The summed E-state index contributed by atoms with van der Waals surface area (Å²) in [6.45, 7) is 7.38. The zero-order valence-electron chi connectivity index (χ0n) is 14.2. The fourth-order valence-electron chi connectivity index (χ4n) is 3.66. The third-order valence-corrected chi connectivity index (χ3v) is 5.23. The number of quaternary nitrogens is 2. The molecule has 0 aliphatic carbocycles. The highest BCUT2D eigenvalue weighted by Gasteiger charge is 2.24. The fourth-order valence-corrected chi connectivity index (χ4v) is 3.66. The average Bonchev–Trinajstić information content (AvgIpc) is 2.62. The van der Waals surface area contributed by atoms with Gasteiger partial charge in [-0.25, -0.2) is 0 Å². The van der Waals surface area contributed by atoms with Crippen molar-refractivity contribution >= 4 is 0 Å². The molecule has 0 aromatic heterocycles. The van der Waals surface area contributed by atoms with Gasteiger partial charge in [0.15, 0.2) is 0 Å². The number of benzene rings is 2. The predicted octanol–water partition coefficient (Wildman–Crippen LogP) is 1.60. The Kier molecular flexibility index (Phi) is 5.84. The summed E-state index contributed by atoms with van der Waals surface area (Å²) in [7, 11) is 0. The number of hydrogen-bond donors (Lipinski definition) is 2. The van der Waals surface area contributed by atoms with E-state index in [4.69, 9.17) is 0 Å². The summed E-state index contributed by atoms with van der Waals surface area (Å²) < 4.78 is 0. The maximum Gasteiger partial charge on any atom is 0.103 e. The van der Waals surface area contributed by atoms with Crippen LogP contribution in [0.4, 0.5) is 0 Å². The highest BCUT2D eigenvalue weighted by Crippen LogP contribution is 2.12. The second-order valence-electron chi connectivity index (χ2n) is 7.03. The van der Waals surface area contributed by atoms with Gasteiger partial charge < -0.3 is 10.2 Å².